The molecule has 1 aliphatic rings. The van der Waals surface area contributed by atoms with Crippen LogP contribution in [-0.2, 0) is 0 Å². The van der Waals surface area contributed by atoms with Crippen molar-refractivity contribution in [2.75, 3.05) is 19.1 Å². The summed E-state index contributed by atoms with van der Waals surface area (Å²) in [6.45, 7) is 2.40. The fraction of sp³-hybridized carbons (Fsp3) is 1.00. The molecule has 0 amide bonds. The van der Waals surface area contributed by atoms with Gasteiger partial charge < -0.3 is 5.32 Å². The summed E-state index contributed by atoms with van der Waals surface area (Å²) >= 11 is 1.97. The van der Waals surface area contributed by atoms with Gasteiger partial charge in [-0.3, -0.25) is 0 Å². The zero-order valence-electron chi connectivity index (χ0n) is 9.88. The lowest BCUT2D eigenvalue weighted by Crippen LogP contribution is -2.36. The van der Waals surface area contributed by atoms with Crippen LogP contribution in [0.15, 0.2) is 0 Å². The molecule has 0 heterocycles. The van der Waals surface area contributed by atoms with Gasteiger partial charge in [-0.2, -0.15) is 11.8 Å². The summed E-state index contributed by atoms with van der Waals surface area (Å²) in [4.78, 5) is 0. The third kappa shape index (κ3) is 3.82. The Hall–Kier alpha value is 0.310. The Morgan fingerprint density at radius 3 is 2.43 bits per heavy atom. The van der Waals surface area contributed by atoms with Gasteiger partial charge in [0.15, 0.2) is 0 Å². The first-order valence-corrected chi connectivity index (χ1v) is 7.33. The molecule has 0 saturated heterocycles. The van der Waals surface area contributed by atoms with Crippen molar-refractivity contribution < 1.29 is 0 Å². The van der Waals surface area contributed by atoms with Crippen molar-refractivity contribution in [1.82, 2.24) is 5.32 Å². The van der Waals surface area contributed by atoms with Gasteiger partial charge in [-0.1, -0.05) is 19.8 Å². The number of hydrogen-bond donors (Lipinski definition) is 1. The highest BCUT2D eigenvalue weighted by Gasteiger charge is 2.24. The van der Waals surface area contributed by atoms with Crippen LogP contribution in [0.2, 0.25) is 0 Å². The molecule has 1 atom stereocenters. The number of hydrogen-bond acceptors (Lipinski definition) is 2. The summed E-state index contributed by atoms with van der Waals surface area (Å²) in [6, 6.07) is 0.773. The normalized spacial score (nSPS) is 30.2. The summed E-state index contributed by atoms with van der Waals surface area (Å²) in [5, 5.41) is 3.51. The molecule has 14 heavy (non-hydrogen) atoms. The summed E-state index contributed by atoms with van der Waals surface area (Å²) < 4.78 is 0. The van der Waals surface area contributed by atoms with E-state index >= 15 is 0 Å². The highest BCUT2D eigenvalue weighted by molar-refractivity contribution is 7.98. The molecule has 0 radical (unpaired) electrons. The second kappa shape index (κ2) is 6.73. The van der Waals surface area contributed by atoms with Gasteiger partial charge in [-0.15, -0.1) is 0 Å². The largest absolute Gasteiger partial charge is 0.317 e. The van der Waals surface area contributed by atoms with Crippen LogP contribution in [0.1, 0.15) is 39.0 Å². The molecule has 0 aromatic heterocycles. The molecule has 1 aliphatic carbocycles. The molecule has 84 valence electrons. The first kappa shape index (κ1) is 12.4. The van der Waals surface area contributed by atoms with Crippen LogP contribution in [0, 0.1) is 11.8 Å². The molecule has 0 bridgehead atoms. The van der Waals surface area contributed by atoms with E-state index in [9.17, 15) is 0 Å². The van der Waals surface area contributed by atoms with Gasteiger partial charge in [0.25, 0.3) is 0 Å². The van der Waals surface area contributed by atoms with Gasteiger partial charge >= 0.3 is 0 Å². The number of nitrogens with one attached hydrogen (secondary N) is 1. The Morgan fingerprint density at radius 1 is 1.29 bits per heavy atom. The van der Waals surface area contributed by atoms with Crippen molar-refractivity contribution in [3.8, 4) is 0 Å². The molecule has 0 spiro atoms. The Morgan fingerprint density at radius 2 is 1.93 bits per heavy atom. The minimum absolute atomic E-state index is 0.773. The third-order valence-corrected chi connectivity index (χ3v) is 4.28. The summed E-state index contributed by atoms with van der Waals surface area (Å²) in [7, 11) is 2.13. The van der Waals surface area contributed by atoms with Crippen molar-refractivity contribution in [1.29, 1.82) is 0 Å². The maximum absolute atomic E-state index is 3.51. The van der Waals surface area contributed by atoms with E-state index < -0.39 is 0 Å². The lowest BCUT2D eigenvalue weighted by molar-refractivity contribution is 0.233. The second-order valence-corrected chi connectivity index (χ2v) is 5.68. The second-order valence-electron chi connectivity index (χ2n) is 4.70. The Bertz CT molecular complexity index is 139. The third-order valence-electron chi connectivity index (χ3n) is 3.63. The standard InChI is InChI=1S/C12H25NS/c1-10-4-6-11(7-5-10)12(13-2)8-9-14-3/h10-13H,4-9H2,1-3H3. The van der Waals surface area contributed by atoms with Gasteiger partial charge in [0, 0.05) is 6.04 Å². The van der Waals surface area contributed by atoms with Crippen LogP contribution >= 0.6 is 11.8 Å². The van der Waals surface area contributed by atoms with E-state index in [1.807, 2.05) is 11.8 Å². The van der Waals surface area contributed by atoms with E-state index in [-0.39, 0.29) is 0 Å². The fourth-order valence-corrected chi connectivity index (χ4v) is 3.04. The van der Waals surface area contributed by atoms with Crippen LogP contribution < -0.4 is 5.32 Å². The average Bonchev–Trinajstić information content (AvgIpc) is 2.21. The lowest BCUT2D eigenvalue weighted by Gasteiger charge is -2.32. The maximum Gasteiger partial charge on any atom is 0.0100 e. The molecule has 2 heteroatoms. The topological polar surface area (TPSA) is 12.0 Å². The Balaban J connectivity index is 2.29. The van der Waals surface area contributed by atoms with Crippen molar-refractivity contribution in [2.24, 2.45) is 11.8 Å². The van der Waals surface area contributed by atoms with Crippen LogP contribution in [-0.4, -0.2) is 25.1 Å². The highest BCUT2D eigenvalue weighted by atomic mass is 32.2. The first-order chi connectivity index (χ1) is 6.77. The number of rotatable bonds is 5. The fourth-order valence-electron chi connectivity index (χ4n) is 2.55. The van der Waals surface area contributed by atoms with E-state index in [4.69, 9.17) is 0 Å². The molecule has 0 aromatic carbocycles. The summed E-state index contributed by atoms with van der Waals surface area (Å²) in [6.07, 6.45) is 9.33. The van der Waals surface area contributed by atoms with Gasteiger partial charge in [-0.25, -0.2) is 0 Å². The van der Waals surface area contributed by atoms with Crippen molar-refractivity contribution in [3.63, 3.8) is 0 Å². The van der Waals surface area contributed by atoms with Crippen molar-refractivity contribution in [3.05, 3.63) is 0 Å². The van der Waals surface area contributed by atoms with Gasteiger partial charge in [0.2, 0.25) is 0 Å². The average molecular weight is 215 g/mol. The first-order valence-electron chi connectivity index (χ1n) is 5.94. The zero-order chi connectivity index (χ0) is 10.4. The van der Waals surface area contributed by atoms with E-state index in [2.05, 4.69) is 25.5 Å². The van der Waals surface area contributed by atoms with E-state index in [0.29, 0.717) is 0 Å². The van der Waals surface area contributed by atoms with Crippen molar-refractivity contribution >= 4 is 11.8 Å². The van der Waals surface area contributed by atoms with Gasteiger partial charge in [-0.05, 0) is 50.2 Å². The van der Waals surface area contributed by atoms with Crippen molar-refractivity contribution in [2.45, 2.75) is 45.1 Å². The smallest absolute Gasteiger partial charge is 0.0100 e. The van der Waals surface area contributed by atoms with Crippen LogP contribution in [0.3, 0.4) is 0 Å². The molecule has 1 unspecified atom stereocenters. The zero-order valence-corrected chi connectivity index (χ0v) is 10.7. The van der Waals surface area contributed by atoms with E-state index in [1.165, 1.54) is 37.9 Å². The van der Waals surface area contributed by atoms with Gasteiger partial charge in [0.05, 0.1) is 0 Å². The summed E-state index contributed by atoms with van der Waals surface area (Å²) in [5.41, 5.74) is 0. The predicted octanol–water partition coefficient (Wildman–Crippen LogP) is 3.15. The maximum atomic E-state index is 3.51. The Kier molecular flexibility index (Phi) is 5.95. The van der Waals surface area contributed by atoms with E-state index in [1.54, 1.807) is 0 Å². The predicted molar refractivity (Wildman–Crippen MR) is 67.0 cm³/mol. The molecule has 1 nitrogen and oxygen atoms in total. The SMILES string of the molecule is CNC(CCSC)C1CCC(C)CC1. The molecule has 1 saturated carbocycles. The summed E-state index contributed by atoms with van der Waals surface area (Å²) in [5.74, 6) is 3.23. The highest BCUT2D eigenvalue weighted by Crippen LogP contribution is 2.31. The molecule has 1 N–H and O–H groups in total. The minimum atomic E-state index is 0.773. The lowest BCUT2D eigenvalue weighted by atomic mass is 9.78. The molecule has 0 aromatic rings. The monoisotopic (exact) mass is 215 g/mol. The Labute approximate surface area is 93.4 Å². The number of thioether (sulfide) groups is 1. The van der Waals surface area contributed by atoms with Crippen LogP contribution in [0.5, 0.6) is 0 Å². The molecule has 1 rings (SSSR count). The molecule has 1 fully saturated rings. The van der Waals surface area contributed by atoms with Gasteiger partial charge in [0.1, 0.15) is 0 Å². The quantitative estimate of drug-likeness (QED) is 0.756. The van der Waals surface area contributed by atoms with Crippen LogP contribution in [0.25, 0.3) is 0 Å². The minimum Gasteiger partial charge on any atom is -0.317 e. The van der Waals surface area contributed by atoms with E-state index in [0.717, 1.165) is 17.9 Å². The van der Waals surface area contributed by atoms with Crippen LogP contribution in [0.4, 0.5) is 0 Å². The molecular formula is C12H25NS. The molecular weight excluding hydrogens is 190 g/mol. The molecule has 0 aliphatic heterocycles.